The summed E-state index contributed by atoms with van der Waals surface area (Å²) in [6.07, 6.45) is 0.785. The van der Waals surface area contributed by atoms with Crippen molar-refractivity contribution in [3.8, 4) is 5.75 Å². The average molecular weight is 278 g/mol. The number of hydrogen-bond donors (Lipinski definition) is 3. The first kappa shape index (κ1) is 14.8. The molecule has 1 aromatic rings. The summed E-state index contributed by atoms with van der Waals surface area (Å²) < 4.78 is 5.50. The van der Waals surface area contributed by atoms with Gasteiger partial charge in [-0.1, -0.05) is 6.92 Å². The summed E-state index contributed by atoms with van der Waals surface area (Å²) >= 11 is 0. The number of nitrogens with one attached hydrogen (secondary N) is 2. The highest BCUT2D eigenvalue weighted by Crippen LogP contribution is 2.28. The largest absolute Gasteiger partial charge is 0.490 e. The predicted octanol–water partition coefficient (Wildman–Crippen LogP) is 1.42. The van der Waals surface area contributed by atoms with E-state index in [1.54, 1.807) is 6.07 Å². The zero-order valence-electron chi connectivity index (χ0n) is 12.0. The number of carbonyl (C=O) groups excluding carboxylic acids is 1. The molecule has 0 amide bonds. The van der Waals surface area contributed by atoms with Gasteiger partial charge in [-0.2, -0.15) is 0 Å². The maximum absolute atomic E-state index is 12.4. The van der Waals surface area contributed by atoms with Crippen LogP contribution in [0.15, 0.2) is 18.2 Å². The van der Waals surface area contributed by atoms with E-state index >= 15 is 0 Å². The minimum absolute atomic E-state index is 0.0204. The smallest absolute Gasteiger partial charge is 0.179 e. The number of aliphatic hydroxyl groups is 1. The van der Waals surface area contributed by atoms with E-state index in [0.29, 0.717) is 12.2 Å². The van der Waals surface area contributed by atoms with Crippen molar-refractivity contribution in [1.82, 2.24) is 5.32 Å². The van der Waals surface area contributed by atoms with Gasteiger partial charge in [0.1, 0.15) is 12.4 Å². The monoisotopic (exact) mass is 278 g/mol. The third-order valence-electron chi connectivity index (χ3n) is 3.53. The Morgan fingerprint density at radius 2 is 2.35 bits per heavy atom. The van der Waals surface area contributed by atoms with Crippen LogP contribution in [0, 0.1) is 0 Å². The van der Waals surface area contributed by atoms with Crippen LogP contribution >= 0.6 is 0 Å². The molecule has 0 aromatic heterocycles. The maximum Gasteiger partial charge on any atom is 0.179 e. The van der Waals surface area contributed by atoms with E-state index in [4.69, 9.17) is 4.74 Å². The number of Topliss-reactive ketones (excluding diaryl/α,β-unsaturated/α-hetero) is 1. The molecular formula is C15H22N2O3. The second-order valence-electron chi connectivity index (χ2n) is 5.03. The Hall–Kier alpha value is -1.59. The summed E-state index contributed by atoms with van der Waals surface area (Å²) in [6.45, 7) is 5.23. The molecule has 1 aliphatic heterocycles. The Kier molecular flexibility index (Phi) is 4.98. The minimum Gasteiger partial charge on any atom is -0.490 e. The molecule has 1 aliphatic rings. The van der Waals surface area contributed by atoms with E-state index < -0.39 is 0 Å². The highest BCUT2D eigenvalue weighted by molar-refractivity contribution is 6.01. The van der Waals surface area contributed by atoms with Crippen molar-refractivity contribution in [2.45, 2.75) is 32.4 Å². The highest BCUT2D eigenvalue weighted by Gasteiger charge is 2.20. The molecule has 2 rings (SSSR count). The second kappa shape index (κ2) is 6.72. The molecule has 3 N–H and O–H groups in total. The van der Waals surface area contributed by atoms with Crippen molar-refractivity contribution in [2.75, 3.05) is 25.1 Å². The van der Waals surface area contributed by atoms with Gasteiger partial charge in [-0.05, 0) is 31.5 Å². The van der Waals surface area contributed by atoms with E-state index in [1.807, 2.05) is 26.0 Å². The van der Waals surface area contributed by atoms with Crippen LogP contribution in [0.4, 0.5) is 5.69 Å². The Bertz CT molecular complexity index is 472. The first-order valence-corrected chi connectivity index (χ1v) is 7.07. The van der Waals surface area contributed by atoms with E-state index in [2.05, 4.69) is 10.6 Å². The molecule has 110 valence electrons. The summed E-state index contributed by atoms with van der Waals surface area (Å²) in [5, 5.41) is 15.6. The van der Waals surface area contributed by atoms with Gasteiger partial charge in [-0.3, -0.25) is 4.79 Å². The van der Waals surface area contributed by atoms with Gasteiger partial charge in [0.15, 0.2) is 5.78 Å². The van der Waals surface area contributed by atoms with Crippen molar-refractivity contribution in [3.05, 3.63) is 23.8 Å². The normalized spacial score (nSPS) is 16.6. The number of hydrogen-bond acceptors (Lipinski definition) is 5. The van der Waals surface area contributed by atoms with Gasteiger partial charge in [0, 0.05) is 18.2 Å². The van der Waals surface area contributed by atoms with Gasteiger partial charge < -0.3 is 20.5 Å². The average Bonchev–Trinajstić information content (AvgIpc) is 2.51. The minimum atomic E-state index is -0.324. The van der Waals surface area contributed by atoms with Crippen LogP contribution in [0.1, 0.15) is 30.6 Å². The van der Waals surface area contributed by atoms with Crippen LogP contribution < -0.4 is 15.4 Å². The number of rotatable bonds is 6. The molecular weight excluding hydrogens is 256 g/mol. The molecule has 20 heavy (non-hydrogen) atoms. The summed E-state index contributed by atoms with van der Waals surface area (Å²) in [5.74, 6) is 0.808. The first-order valence-electron chi connectivity index (χ1n) is 7.07. The molecule has 0 saturated heterocycles. The summed E-state index contributed by atoms with van der Waals surface area (Å²) in [5.41, 5.74) is 1.51. The van der Waals surface area contributed by atoms with Gasteiger partial charge in [-0.15, -0.1) is 0 Å². The number of benzene rings is 1. The number of ether oxygens (including phenoxy) is 1. The Labute approximate surface area is 119 Å². The molecule has 0 spiro atoms. The van der Waals surface area contributed by atoms with E-state index in [0.717, 1.165) is 24.4 Å². The van der Waals surface area contributed by atoms with E-state index in [9.17, 15) is 9.90 Å². The highest BCUT2D eigenvalue weighted by atomic mass is 16.5. The molecule has 5 heteroatoms. The fourth-order valence-electron chi connectivity index (χ4n) is 2.27. The van der Waals surface area contributed by atoms with Gasteiger partial charge in [0.2, 0.25) is 0 Å². The number of carbonyl (C=O) groups is 1. The number of anilines is 1. The number of ketones is 1. The third kappa shape index (κ3) is 3.29. The first-order chi connectivity index (χ1) is 9.65. The van der Waals surface area contributed by atoms with E-state index in [-0.39, 0.29) is 24.5 Å². The van der Waals surface area contributed by atoms with Crippen LogP contribution in [-0.2, 0) is 0 Å². The Morgan fingerprint density at radius 1 is 1.55 bits per heavy atom. The molecule has 1 heterocycles. The van der Waals surface area contributed by atoms with E-state index in [1.165, 1.54) is 0 Å². The van der Waals surface area contributed by atoms with Gasteiger partial charge in [0.25, 0.3) is 0 Å². The molecule has 0 bridgehead atoms. The zero-order chi connectivity index (χ0) is 14.5. The molecule has 0 fully saturated rings. The molecule has 0 radical (unpaired) electrons. The predicted molar refractivity (Wildman–Crippen MR) is 78.5 cm³/mol. The van der Waals surface area contributed by atoms with Gasteiger partial charge in [0.05, 0.1) is 18.3 Å². The van der Waals surface area contributed by atoms with Crippen LogP contribution in [0.5, 0.6) is 5.75 Å². The summed E-state index contributed by atoms with van der Waals surface area (Å²) in [6, 6.07) is 5.06. The van der Waals surface area contributed by atoms with Crippen LogP contribution in [0.25, 0.3) is 0 Å². The zero-order valence-corrected chi connectivity index (χ0v) is 12.0. The third-order valence-corrected chi connectivity index (χ3v) is 3.53. The molecule has 0 saturated carbocycles. The van der Waals surface area contributed by atoms with Crippen LogP contribution in [0.3, 0.4) is 0 Å². The van der Waals surface area contributed by atoms with Crippen LogP contribution in [-0.4, -0.2) is 42.7 Å². The lowest BCUT2D eigenvalue weighted by atomic mass is 10.0. The SMILES string of the molecule is CCC(CO)NC(C)C(=O)c1ccc2c(c1)NCCO2. The molecule has 5 nitrogen and oxygen atoms in total. The van der Waals surface area contributed by atoms with Crippen molar-refractivity contribution >= 4 is 11.5 Å². The molecule has 2 atom stereocenters. The number of fused-ring (bicyclic) bond motifs is 1. The quantitative estimate of drug-likeness (QED) is 0.687. The van der Waals surface area contributed by atoms with Gasteiger partial charge in [-0.25, -0.2) is 0 Å². The lowest BCUT2D eigenvalue weighted by Gasteiger charge is -2.22. The Balaban J connectivity index is 2.08. The summed E-state index contributed by atoms with van der Waals surface area (Å²) in [4.78, 5) is 12.4. The van der Waals surface area contributed by atoms with Crippen molar-refractivity contribution in [3.63, 3.8) is 0 Å². The fourth-order valence-corrected chi connectivity index (χ4v) is 2.27. The topological polar surface area (TPSA) is 70.6 Å². The Morgan fingerprint density at radius 3 is 3.05 bits per heavy atom. The molecule has 2 unspecified atom stereocenters. The van der Waals surface area contributed by atoms with Gasteiger partial charge >= 0.3 is 0 Å². The second-order valence-corrected chi connectivity index (χ2v) is 5.03. The van der Waals surface area contributed by atoms with Crippen molar-refractivity contribution < 1.29 is 14.6 Å². The molecule has 1 aromatic carbocycles. The standard InChI is InChI=1S/C15H22N2O3/c1-3-12(9-18)17-10(2)15(19)11-4-5-14-13(8-11)16-6-7-20-14/h4-5,8,10,12,16-18H,3,6-7,9H2,1-2H3. The van der Waals surface area contributed by atoms with Crippen molar-refractivity contribution in [1.29, 1.82) is 0 Å². The maximum atomic E-state index is 12.4. The lowest BCUT2D eigenvalue weighted by molar-refractivity contribution is 0.0936. The fraction of sp³-hybridized carbons (Fsp3) is 0.533. The summed E-state index contributed by atoms with van der Waals surface area (Å²) in [7, 11) is 0. The lowest BCUT2D eigenvalue weighted by Crippen LogP contribution is -2.43. The molecule has 0 aliphatic carbocycles. The number of aliphatic hydroxyl groups excluding tert-OH is 1. The van der Waals surface area contributed by atoms with Crippen LogP contribution in [0.2, 0.25) is 0 Å². The van der Waals surface area contributed by atoms with Crippen molar-refractivity contribution in [2.24, 2.45) is 0 Å².